The molecule has 11 nitrogen and oxygen atoms in total. The van der Waals surface area contributed by atoms with Crippen LogP contribution in [0, 0.1) is 0 Å². The molecule has 1 aromatic rings. The van der Waals surface area contributed by atoms with Crippen molar-refractivity contribution in [3.63, 3.8) is 0 Å². The SMILES string of the molecule is CC(CCC(=O)NC=O)N1C(=O)c2ccc(N3CCN(C(=O)OCC4CCC5CCCN54)CC3)cc2C1=O. The van der Waals surface area contributed by atoms with Crippen LogP contribution in [0.5, 0.6) is 0 Å². The largest absolute Gasteiger partial charge is 0.448 e. The lowest BCUT2D eigenvalue weighted by Gasteiger charge is -2.36. The van der Waals surface area contributed by atoms with Crippen LogP contribution in [0.25, 0.3) is 0 Å². The second kappa shape index (κ2) is 11.1. The number of carbonyl (C=O) groups excluding carboxylic acids is 5. The first kappa shape index (κ1) is 26.1. The third-order valence-corrected chi connectivity index (χ3v) is 8.38. The topological polar surface area (TPSA) is 120 Å². The molecule has 3 saturated heterocycles. The first-order valence-electron chi connectivity index (χ1n) is 13.5. The molecule has 5 amide bonds. The highest BCUT2D eigenvalue weighted by Crippen LogP contribution is 2.33. The van der Waals surface area contributed by atoms with Crippen molar-refractivity contribution in [2.75, 3.05) is 44.2 Å². The van der Waals surface area contributed by atoms with E-state index in [0.29, 0.717) is 62.4 Å². The van der Waals surface area contributed by atoms with Crippen LogP contribution < -0.4 is 10.2 Å². The Kier molecular flexibility index (Phi) is 7.64. The number of benzene rings is 1. The van der Waals surface area contributed by atoms with E-state index in [9.17, 15) is 24.0 Å². The van der Waals surface area contributed by atoms with Crippen molar-refractivity contribution in [1.29, 1.82) is 0 Å². The number of hydrogen-bond acceptors (Lipinski definition) is 8. The highest BCUT2D eigenvalue weighted by atomic mass is 16.6. The number of fused-ring (bicyclic) bond motifs is 2. The summed E-state index contributed by atoms with van der Waals surface area (Å²) in [4.78, 5) is 68.2. The first-order valence-corrected chi connectivity index (χ1v) is 13.5. The van der Waals surface area contributed by atoms with Gasteiger partial charge in [0.15, 0.2) is 0 Å². The van der Waals surface area contributed by atoms with Crippen LogP contribution in [0.2, 0.25) is 0 Å². The molecule has 4 heterocycles. The molecule has 1 N–H and O–H groups in total. The molecule has 11 heteroatoms. The summed E-state index contributed by atoms with van der Waals surface area (Å²) in [5.74, 6) is -1.22. The molecule has 38 heavy (non-hydrogen) atoms. The highest BCUT2D eigenvalue weighted by Gasteiger charge is 2.39. The van der Waals surface area contributed by atoms with Crippen molar-refractivity contribution >= 4 is 35.9 Å². The number of ether oxygens (including phenoxy) is 1. The molecule has 5 rings (SSSR count). The Bertz CT molecular complexity index is 1120. The molecule has 3 unspecified atom stereocenters. The van der Waals surface area contributed by atoms with Crippen LogP contribution >= 0.6 is 0 Å². The van der Waals surface area contributed by atoms with Crippen molar-refractivity contribution in [2.45, 2.75) is 63.6 Å². The third-order valence-electron chi connectivity index (χ3n) is 8.38. The minimum absolute atomic E-state index is 0.0324. The van der Waals surface area contributed by atoms with Gasteiger partial charge in [0, 0.05) is 56.4 Å². The van der Waals surface area contributed by atoms with Gasteiger partial charge in [-0.3, -0.25) is 34.3 Å². The lowest BCUT2D eigenvalue weighted by molar-refractivity contribution is -0.125. The molecule has 4 aliphatic rings. The fraction of sp³-hybridized carbons (Fsp3) is 0.593. The Hall–Kier alpha value is -3.47. The number of imide groups is 2. The van der Waals surface area contributed by atoms with Gasteiger partial charge in [0.25, 0.3) is 11.8 Å². The van der Waals surface area contributed by atoms with Crippen molar-refractivity contribution < 1.29 is 28.7 Å². The van der Waals surface area contributed by atoms with Crippen molar-refractivity contribution in [1.82, 2.24) is 20.0 Å². The van der Waals surface area contributed by atoms with Crippen LogP contribution in [0.15, 0.2) is 18.2 Å². The maximum atomic E-state index is 13.1. The number of rotatable bonds is 8. The van der Waals surface area contributed by atoms with Crippen LogP contribution in [0.3, 0.4) is 0 Å². The zero-order chi connectivity index (χ0) is 26.8. The van der Waals surface area contributed by atoms with E-state index < -0.39 is 11.9 Å². The van der Waals surface area contributed by atoms with Crippen LogP contribution in [-0.4, -0.2) is 102 Å². The molecule has 0 aromatic heterocycles. The summed E-state index contributed by atoms with van der Waals surface area (Å²) in [7, 11) is 0. The Balaban J connectivity index is 1.14. The number of piperazine rings is 1. The van der Waals surface area contributed by atoms with Crippen molar-refractivity contribution in [3.05, 3.63) is 29.3 Å². The lowest BCUT2D eigenvalue weighted by Crippen LogP contribution is -2.49. The Morgan fingerprint density at radius 3 is 2.58 bits per heavy atom. The molecule has 0 spiro atoms. The monoisotopic (exact) mass is 525 g/mol. The van der Waals surface area contributed by atoms with E-state index >= 15 is 0 Å². The van der Waals surface area contributed by atoms with Gasteiger partial charge in [0.05, 0.1) is 11.1 Å². The summed E-state index contributed by atoms with van der Waals surface area (Å²) in [6.45, 7) is 5.50. The predicted octanol–water partition coefficient (Wildman–Crippen LogP) is 1.61. The predicted molar refractivity (Wildman–Crippen MR) is 138 cm³/mol. The van der Waals surface area contributed by atoms with Gasteiger partial charge < -0.3 is 14.5 Å². The van der Waals surface area contributed by atoms with E-state index in [2.05, 4.69) is 15.1 Å². The third kappa shape index (κ3) is 5.11. The van der Waals surface area contributed by atoms with Gasteiger partial charge in [-0.15, -0.1) is 0 Å². The average molecular weight is 526 g/mol. The molecular weight excluding hydrogens is 490 g/mol. The minimum atomic E-state index is -0.488. The van der Waals surface area contributed by atoms with Crippen molar-refractivity contribution in [2.24, 2.45) is 0 Å². The summed E-state index contributed by atoms with van der Waals surface area (Å²) < 4.78 is 5.68. The molecule has 0 saturated carbocycles. The van der Waals surface area contributed by atoms with Crippen LogP contribution in [0.4, 0.5) is 10.5 Å². The summed E-state index contributed by atoms with van der Waals surface area (Å²) in [5, 5.41) is 2.06. The number of anilines is 1. The Morgan fingerprint density at radius 2 is 1.82 bits per heavy atom. The van der Waals surface area contributed by atoms with E-state index in [1.807, 2.05) is 6.07 Å². The maximum absolute atomic E-state index is 13.1. The van der Waals surface area contributed by atoms with Gasteiger partial charge >= 0.3 is 6.09 Å². The summed E-state index contributed by atoms with van der Waals surface area (Å²) in [6, 6.07) is 5.76. The summed E-state index contributed by atoms with van der Waals surface area (Å²) >= 11 is 0. The van der Waals surface area contributed by atoms with Gasteiger partial charge in [-0.1, -0.05) is 0 Å². The normalized spacial score (nSPS) is 23.9. The van der Waals surface area contributed by atoms with Crippen molar-refractivity contribution in [3.8, 4) is 0 Å². The zero-order valence-electron chi connectivity index (χ0n) is 21.8. The molecule has 204 valence electrons. The standard InChI is InChI=1S/C27H35N5O6/c1-18(4-9-24(34)28-17-33)32-25(35)22-8-7-20(15-23(22)26(32)36)29-11-13-30(14-12-29)27(37)38-16-21-6-5-19-3-2-10-31(19)21/h7-8,15,17-19,21H,2-6,9-14,16H2,1H3,(H,28,33,34). The van der Waals surface area contributed by atoms with Gasteiger partial charge in [-0.05, 0) is 63.8 Å². The first-order chi connectivity index (χ1) is 18.4. The minimum Gasteiger partial charge on any atom is -0.448 e. The van der Waals surface area contributed by atoms with Crippen LogP contribution in [-0.2, 0) is 14.3 Å². The number of hydrogen-bond donors (Lipinski definition) is 1. The number of amides is 5. The molecule has 1 aromatic carbocycles. The van der Waals surface area contributed by atoms with Gasteiger partial charge in [-0.25, -0.2) is 4.79 Å². The lowest BCUT2D eigenvalue weighted by atomic mass is 10.1. The smallest absolute Gasteiger partial charge is 0.409 e. The van der Waals surface area contributed by atoms with Gasteiger partial charge in [0.2, 0.25) is 12.3 Å². The average Bonchev–Trinajstić information content (AvgIpc) is 3.61. The fourth-order valence-corrected chi connectivity index (χ4v) is 6.24. The Labute approximate surface area is 222 Å². The second-order valence-corrected chi connectivity index (χ2v) is 10.6. The number of nitrogens with zero attached hydrogens (tertiary/aromatic N) is 4. The van der Waals surface area contributed by atoms with Gasteiger partial charge in [-0.2, -0.15) is 0 Å². The van der Waals surface area contributed by atoms with E-state index in [0.717, 1.165) is 18.7 Å². The molecule has 0 radical (unpaired) electrons. The molecule has 0 aliphatic carbocycles. The second-order valence-electron chi connectivity index (χ2n) is 10.6. The maximum Gasteiger partial charge on any atom is 0.409 e. The fourth-order valence-electron chi connectivity index (χ4n) is 6.24. The molecule has 3 atom stereocenters. The van der Waals surface area contributed by atoms with Gasteiger partial charge in [0.1, 0.15) is 6.61 Å². The summed E-state index contributed by atoms with van der Waals surface area (Å²) in [6.07, 6.45) is 5.12. The van der Waals surface area contributed by atoms with Crippen LogP contribution in [0.1, 0.15) is 66.2 Å². The van der Waals surface area contributed by atoms with E-state index in [-0.39, 0.29) is 30.7 Å². The zero-order valence-corrected chi connectivity index (χ0v) is 21.8. The van der Waals surface area contributed by atoms with E-state index in [4.69, 9.17) is 4.74 Å². The quantitative estimate of drug-likeness (QED) is 0.402. The van der Waals surface area contributed by atoms with E-state index in [1.165, 1.54) is 24.2 Å². The van der Waals surface area contributed by atoms with E-state index in [1.54, 1.807) is 24.0 Å². The molecule has 0 bridgehead atoms. The molecule has 4 aliphatic heterocycles. The number of carbonyl (C=O) groups is 5. The Morgan fingerprint density at radius 1 is 1.05 bits per heavy atom. The molecular formula is C27H35N5O6. The molecule has 3 fully saturated rings. The summed E-state index contributed by atoms with van der Waals surface area (Å²) in [5.41, 5.74) is 1.51. The highest BCUT2D eigenvalue weighted by molar-refractivity contribution is 6.22. The number of nitrogens with one attached hydrogen (secondary N) is 1.